The van der Waals surface area contributed by atoms with Crippen molar-refractivity contribution in [3.05, 3.63) is 41.5 Å². The van der Waals surface area contributed by atoms with E-state index >= 15 is 0 Å². The lowest BCUT2D eigenvalue weighted by Gasteiger charge is -2.05. The lowest BCUT2D eigenvalue weighted by Crippen LogP contribution is -2.02. The molecule has 0 bridgehead atoms. The zero-order valence-corrected chi connectivity index (χ0v) is 10.9. The van der Waals surface area contributed by atoms with Crippen LogP contribution in [0, 0.1) is 12.7 Å². The van der Waals surface area contributed by atoms with Gasteiger partial charge in [0, 0.05) is 17.8 Å². The topological polar surface area (TPSA) is 55.1 Å². The number of nitrogens with zero attached hydrogens (tertiary/aromatic N) is 2. The van der Waals surface area contributed by atoms with E-state index in [1.807, 2.05) is 11.6 Å². The van der Waals surface area contributed by atoms with Gasteiger partial charge < -0.3 is 5.11 Å². The molecular formula is C14H15FN2O2. The standard InChI is InChI=1S/C14H15FN2O2/c1-3-6-17-9(2)12(8-16-17)10-4-5-11(14(18)19)13(15)7-10/h4-5,7-8H,3,6H2,1-2H3,(H,18,19). The number of aromatic nitrogens is 2. The van der Waals surface area contributed by atoms with Crippen molar-refractivity contribution in [3.63, 3.8) is 0 Å². The van der Waals surface area contributed by atoms with Gasteiger partial charge in [0.2, 0.25) is 0 Å². The Morgan fingerprint density at radius 1 is 1.47 bits per heavy atom. The fourth-order valence-electron chi connectivity index (χ4n) is 2.02. The first-order valence-corrected chi connectivity index (χ1v) is 6.10. The Balaban J connectivity index is 2.42. The lowest BCUT2D eigenvalue weighted by atomic mass is 10.0. The molecule has 0 saturated heterocycles. The van der Waals surface area contributed by atoms with Crippen LogP contribution in [0.5, 0.6) is 0 Å². The zero-order chi connectivity index (χ0) is 14.0. The van der Waals surface area contributed by atoms with Crippen molar-refractivity contribution in [2.45, 2.75) is 26.8 Å². The Labute approximate surface area is 110 Å². The van der Waals surface area contributed by atoms with Crippen LogP contribution in [0.25, 0.3) is 11.1 Å². The highest BCUT2D eigenvalue weighted by Crippen LogP contribution is 2.25. The summed E-state index contributed by atoms with van der Waals surface area (Å²) in [6, 6.07) is 4.13. The van der Waals surface area contributed by atoms with E-state index in [9.17, 15) is 9.18 Å². The number of hydrogen-bond acceptors (Lipinski definition) is 2. The molecule has 0 aliphatic rings. The molecule has 100 valence electrons. The number of carboxylic acids is 1. The van der Waals surface area contributed by atoms with Gasteiger partial charge in [-0.25, -0.2) is 9.18 Å². The molecule has 0 fully saturated rings. The predicted octanol–water partition coefficient (Wildman–Crippen LogP) is 3.11. The van der Waals surface area contributed by atoms with Crippen molar-refractivity contribution in [1.29, 1.82) is 0 Å². The molecule has 1 aromatic carbocycles. The highest BCUT2D eigenvalue weighted by molar-refractivity contribution is 5.88. The summed E-state index contributed by atoms with van der Waals surface area (Å²) in [7, 11) is 0. The molecule has 4 nitrogen and oxygen atoms in total. The number of halogens is 1. The first-order valence-electron chi connectivity index (χ1n) is 6.10. The van der Waals surface area contributed by atoms with Gasteiger partial charge in [-0.3, -0.25) is 4.68 Å². The van der Waals surface area contributed by atoms with Crippen LogP contribution in [0.1, 0.15) is 29.4 Å². The van der Waals surface area contributed by atoms with Gasteiger partial charge in [-0.05, 0) is 31.0 Å². The van der Waals surface area contributed by atoms with Crippen LogP contribution in [0.15, 0.2) is 24.4 Å². The minimum Gasteiger partial charge on any atom is -0.478 e. The fourth-order valence-corrected chi connectivity index (χ4v) is 2.02. The highest BCUT2D eigenvalue weighted by Gasteiger charge is 2.13. The number of hydrogen-bond donors (Lipinski definition) is 1. The van der Waals surface area contributed by atoms with Gasteiger partial charge in [-0.2, -0.15) is 5.10 Å². The first kappa shape index (κ1) is 13.3. The number of aryl methyl sites for hydroxylation is 1. The van der Waals surface area contributed by atoms with E-state index in [0.29, 0.717) is 5.56 Å². The monoisotopic (exact) mass is 262 g/mol. The Bertz CT molecular complexity index is 620. The van der Waals surface area contributed by atoms with Gasteiger partial charge in [-0.15, -0.1) is 0 Å². The molecule has 0 saturated carbocycles. The van der Waals surface area contributed by atoms with E-state index in [-0.39, 0.29) is 5.56 Å². The second kappa shape index (κ2) is 5.22. The van der Waals surface area contributed by atoms with Crippen molar-refractivity contribution in [2.75, 3.05) is 0 Å². The van der Waals surface area contributed by atoms with E-state index in [1.165, 1.54) is 12.1 Å². The van der Waals surface area contributed by atoms with Gasteiger partial charge in [0.15, 0.2) is 0 Å². The second-order valence-corrected chi connectivity index (χ2v) is 4.37. The summed E-state index contributed by atoms with van der Waals surface area (Å²) in [4.78, 5) is 10.8. The van der Waals surface area contributed by atoms with Crippen LogP contribution in [-0.4, -0.2) is 20.9 Å². The summed E-state index contributed by atoms with van der Waals surface area (Å²) in [5, 5.41) is 13.0. The molecule has 0 amide bonds. The third-order valence-corrected chi connectivity index (χ3v) is 3.05. The number of carboxylic acid groups (broad SMARTS) is 1. The van der Waals surface area contributed by atoms with Gasteiger partial charge in [0.25, 0.3) is 0 Å². The highest BCUT2D eigenvalue weighted by atomic mass is 19.1. The van der Waals surface area contributed by atoms with Crippen molar-refractivity contribution in [3.8, 4) is 11.1 Å². The Hall–Kier alpha value is -2.17. The SMILES string of the molecule is CCCn1ncc(-c2ccc(C(=O)O)c(F)c2)c1C. The van der Waals surface area contributed by atoms with Gasteiger partial charge >= 0.3 is 5.97 Å². The summed E-state index contributed by atoms with van der Waals surface area (Å²) >= 11 is 0. The molecule has 1 heterocycles. The molecule has 2 aromatic rings. The molecular weight excluding hydrogens is 247 g/mol. The molecule has 0 atom stereocenters. The number of aromatic carboxylic acids is 1. The molecule has 2 rings (SSSR count). The Morgan fingerprint density at radius 3 is 2.79 bits per heavy atom. The second-order valence-electron chi connectivity index (χ2n) is 4.37. The maximum absolute atomic E-state index is 13.7. The lowest BCUT2D eigenvalue weighted by molar-refractivity contribution is 0.0692. The summed E-state index contributed by atoms with van der Waals surface area (Å²) in [6.07, 6.45) is 2.65. The average Bonchev–Trinajstić information content (AvgIpc) is 2.71. The first-order chi connectivity index (χ1) is 9.04. The van der Waals surface area contributed by atoms with Crippen molar-refractivity contribution < 1.29 is 14.3 Å². The quantitative estimate of drug-likeness (QED) is 0.921. The van der Waals surface area contributed by atoms with Gasteiger partial charge in [-0.1, -0.05) is 13.0 Å². The summed E-state index contributed by atoms with van der Waals surface area (Å²) < 4.78 is 15.5. The van der Waals surface area contributed by atoms with E-state index in [1.54, 1.807) is 12.3 Å². The predicted molar refractivity (Wildman–Crippen MR) is 69.6 cm³/mol. The molecule has 0 spiro atoms. The molecule has 19 heavy (non-hydrogen) atoms. The van der Waals surface area contributed by atoms with Crippen molar-refractivity contribution >= 4 is 5.97 Å². The Morgan fingerprint density at radius 2 is 2.21 bits per heavy atom. The number of benzene rings is 1. The maximum atomic E-state index is 13.7. The molecule has 0 unspecified atom stereocenters. The maximum Gasteiger partial charge on any atom is 0.338 e. The third kappa shape index (κ3) is 2.50. The summed E-state index contributed by atoms with van der Waals surface area (Å²) in [6.45, 7) is 4.78. The summed E-state index contributed by atoms with van der Waals surface area (Å²) in [5.41, 5.74) is 2.10. The van der Waals surface area contributed by atoms with E-state index in [0.717, 1.165) is 24.2 Å². The van der Waals surface area contributed by atoms with Crippen molar-refractivity contribution in [2.24, 2.45) is 0 Å². The van der Waals surface area contributed by atoms with Crippen LogP contribution in [-0.2, 0) is 6.54 Å². The largest absolute Gasteiger partial charge is 0.478 e. The van der Waals surface area contributed by atoms with Crippen LogP contribution < -0.4 is 0 Å². The van der Waals surface area contributed by atoms with Gasteiger partial charge in [0.1, 0.15) is 5.82 Å². The molecule has 1 aromatic heterocycles. The van der Waals surface area contributed by atoms with Crippen LogP contribution >= 0.6 is 0 Å². The number of carbonyl (C=O) groups is 1. The van der Waals surface area contributed by atoms with Gasteiger partial charge in [0.05, 0.1) is 11.8 Å². The fraction of sp³-hybridized carbons (Fsp3) is 0.286. The van der Waals surface area contributed by atoms with E-state index < -0.39 is 11.8 Å². The smallest absolute Gasteiger partial charge is 0.338 e. The average molecular weight is 262 g/mol. The minimum atomic E-state index is -1.26. The van der Waals surface area contributed by atoms with Crippen LogP contribution in [0.2, 0.25) is 0 Å². The Kier molecular flexibility index (Phi) is 3.64. The minimum absolute atomic E-state index is 0.317. The third-order valence-electron chi connectivity index (χ3n) is 3.05. The van der Waals surface area contributed by atoms with E-state index in [4.69, 9.17) is 5.11 Å². The molecule has 0 aliphatic carbocycles. The normalized spacial score (nSPS) is 10.7. The number of rotatable bonds is 4. The van der Waals surface area contributed by atoms with E-state index in [2.05, 4.69) is 12.0 Å². The summed E-state index contributed by atoms with van der Waals surface area (Å²) in [5.74, 6) is -1.99. The molecule has 0 radical (unpaired) electrons. The molecule has 1 N–H and O–H groups in total. The van der Waals surface area contributed by atoms with Crippen LogP contribution in [0.4, 0.5) is 4.39 Å². The zero-order valence-electron chi connectivity index (χ0n) is 10.9. The van der Waals surface area contributed by atoms with Crippen LogP contribution in [0.3, 0.4) is 0 Å². The molecule has 0 aliphatic heterocycles. The van der Waals surface area contributed by atoms with Crippen molar-refractivity contribution in [1.82, 2.24) is 9.78 Å². The molecule has 5 heteroatoms.